The zero-order valence-corrected chi connectivity index (χ0v) is 20.2. The summed E-state index contributed by atoms with van der Waals surface area (Å²) in [5.41, 5.74) is 2.70. The Bertz CT molecular complexity index is 992. The van der Waals surface area contributed by atoms with Gasteiger partial charge in [-0.2, -0.15) is 0 Å². The third-order valence-corrected chi connectivity index (χ3v) is 9.61. The van der Waals surface area contributed by atoms with Crippen molar-refractivity contribution in [2.45, 2.75) is 55.6 Å². The number of aryl methyl sites for hydroxylation is 2. The zero-order valence-electron chi connectivity index (χ0n) is 19.4. The number of carboxylic acids is 1. The van der Waals surface area contributed by atoms with E-state index in [4.69, 9.17) is 0 Å². The van der Waals surface area contributed by atoms with E-state index in [1.807, 2.05) is 39.0 Å². The molecule has 0 saturated carbocycles. The monoisotopic (exact) mass is 472 g/mol. The van der Waals surface area contributed by atoms with Gasteiger partial charge in [-0.25, -0.2) is 0 Å². The van der Waals surface area contributed by atoms with Crippen molar-refractivity contribution in [3.8, 4) is 0 Å². The summed E-state index contributed by atoms with van der Waals surface area (Å²) in [7, 11) is 0. The van der Waals surface area contributed by atoms with Gasteiger partial charge in [-0.05, 0) is 51.2 Å². The van der Waals surface area contributed by atoms with Gasteiger partial charge in [-0.15, -0.1) is 18.3 Å². The summed E-state index contributed by atoms with van der Waals surface area (Å²) < 4.78 is -1.35. The van der Waals surface area contributed by atoms with Crippen molar-refractivity contribution in [2.75, 3.05) is 24.6 Å². The molecule has 8 heteroatoms. The number of carboxylic acid groups (broad SMARTS) is 1. The molecule has 1 aromatic carbocycles. The van der Waals surface area contributed by atoms with Gasteiger partial charge in [0, 0.05) is 30.1 Å². The maximum absolute atomic E-state index is 14.3. The average molecular weight is 473 g/mol. The second-order valence-electron chi connectivity index (χ2n) is 9.65. The van der Waals surface area contributed by atoms with Crippen molar-refractivity contribution >= 4 is 35.2 Å². The quantitative estimate of drug-likeness (QED) is 0.565. The molecule has 3 heterocycles. The lowest BCUT2D eigenvalue weighted by Crippen LogP contribution is -2.55. The molecule has 3 saturated heterocycles. The van der Waals surface area contributed by atoms with Gasteiger partial charge in [0.15, 0.2) is 0 Å². The highest BCUT2D eigenvalue weighted by Gasteiger charge is 2.77. The number of para-hydroxylation sites is 1. The number of hydrogen-bond donors (Lipinski definition) is 2. The van der Waals surface area contributed by atoms with E-state index in [0.29, 0.717) is 19.3 Å². The number of carbonyl (C=O) groups excluding carboxylic acids is 2. The van der Waals surface area contributed by atoms with E-state index in [1.54, 1.807) is 15.9 Å². The third-order valence-electron chi connectivity index (χ3n) is 7.62. The van der Waals surface area contributed by atoms with E-state index in [-0.39, 0.29) is 31.5 Å². The average Bonchev–Trinajstić information content (AvgIpc) is 3.31. The van der Waals surface area contributed by atoms with Crippen LogP contribution in [0.2, 0.25) is 0 Å². The summed E-state index contributed by atoms with van der Waals surface area (Å²) in [4.78, 5) is 43.6. The lowest BCUT2D eigenvalue weighted by molar-refractivity contribution is -0.150. The zero-order chi connectivity index (χ0) is 24.1. The molecule has 2 N–H and O–H groups in total. The molecule has 3 fully saturated rings. The SMILES string of the molecule is C=CCN(C(=O)C1N(CCCO)C(=O)[C@@H]2[C@H](C(=O)O)[C@]3(C)CCC12S3)c1c(C)cccc1C. The van der Waals surface area contributed by atoms with Gasteiger partial charge in [0.25, 0.3) is 5.91 Å². The van der Waals surface area contributed by atoms with Crippen molar-refractivity contribution in [2.24, 2.45) is 11.8 Å². The highest BCUT2D eigenvalue weighted by molar-refractivity contribution is 8.02. The van der Waals surface area contributed by atoms with Crippen LogP contribution < -0.4 is 4.90 Å². The number of fused-ring (bicyclic) bond motifs is 1. The first-order valence-corrected chi connectivity index (χ1v) is 12.3. The topological polar surface area (TPSA) is 98.2 Å². The van der Waals surface area contributed by atoms with Crippen LogP contribution in [0.4, 0.5) is 5.69 Å². The Morgan fingerprint density at radius 2 is 1.97 bits per heavy atom. The van der Waals surface area contributed by atoms with Crippen molar-refractivity contribution in [1.82, 2.24) is 4.90 Å². The van der Waals surface area contributed by atoms with Gasteiger partial charge < -0.3 is 20.0 Å². The molecule has 3 aliphatic heterocycles. The van der Waals surface area contributed by atoms with Gasteiger partial charge in [0.05, 0.1) is 16.6 Å². The number of nitrogens with zero attached hydrogens (tertiary/aromatic N) is 2. The van der Waals surface area contributed by atoms with E-state index < -0.39 is 33.3 Å². The Morgan fingerprint density at radius 1 is 1.30 bits per heavy atom. The molecule has 4 rings (SSSR count). The van der Waals surface area contributed by atoms with E-state index in [2.05, 4.69) is 6.58 Å². The highest BCUT2D eigenvalue weighted by atomic mass is 32.2. The molecule has 2 unspecified atom stereocenters. The van der Waals surface area contributed by atoms with Gasteiger partial charge in [0.1, 0.15) is 6.04 Å². The second-order valence-corrected chi connectivity index (χ2v) is 11.5. The highest BCUT2D eigenvalue weighted by Crippen LogP contribution is 2.71. The number of anilines is 1. The smallest absolute Gasteiger partial charge is 0.308 e. The number of likely N-dealkylation sites (tertiary alicyclic amines) is 1. The van der Waals surface area contributed by atoms with E-state index in [1.165, 1.54) is 11.8 Å². The number of hydrogen-bond acceptors (Lipinski definition) is 5. The fourth-order valence-electron chi connectivity index (χ4n) is 6.36. The predicted molar refractivity (Wildman–Crippen MR) is 128 cm³/mol. The minimum atomic E-state index is -0.974. The number of benzene rings is 1. The number of thioether (sulfide) groups is 1. The summed E-state index contributed by atoms with van der Waals surface area (Å²) in [6, 6.07) is 5.07. The van der Waals surface area contributed by atoms with Gasteiger partial charge in [0.2, 0.25) is 5.91 Å². The van der Waals surface area contributed by atoms with Crippen LogP contribution in [0.5, 0.6) is 0 Å². The van der Waals surface area contributed by atoms with Crippen molar-refractivity contribution in [3.63, 3.8) is 0 Å². The number of aliphatic hydroxyl groups is 1. The lowest BCUT2D eigenvalue weighted by Gasteiger charge is -2.38. The minimum absolute atomic E-state index is 0.108. The largest absolute Gasteiger partial charge is 0.481 e. The Hall–Kier alpha value is -2.32. The van der Waals surface area contributed by atoms with Crippen LogP contribution in [0.15, 0.2) is 30.9 Å². The van der Waals surface area contributed by atoms with Crippen molar-refractivity contribution < 1.29 is 24.6 Å². The first-order valence-electron chi connectivity index (χ1n) is 11.5. The van der Waals surface area contributed by atoms with Crippen molar-refractivity contribution in [1.29, 1.82) is 0 Å². The van der Waals surface area contributed by atoms with Gasteiger partial charge in [-0.3, -0.25) is 14.4 Å². The van der Waals surface area contributed by atoms with Crippen LogP contribution in [-0.4, -0.2) is 68.1 Å². The van der Waals surface area contributed by atoms with Crippen LogP contribution in [0.1, 0.15) is 37.3 Å². The fraction of sp³-hybridized carbons (Fsp3) is 0.560. The van der Waals surface area contributed by atoms with E-state index in [0.717, 1.165) is 16.8 Å². The number of carbonyl (C=O) groups is 3. The molecular weight excluding hydrogens is 440 g/mol. The minimum Gasteiger partial charge on any atom is -0.481 e. The summed E-state index contributed by atoms with van der Waals surface area (Å²) in [6.07, 6.45) is 3.28. The maximum Gasteiger partial charge on any atom is 0.308 e. The normalized spacial score (nSPS) is 32.2. The number of amides is 2. The first kappa shape index (κ1) is 23.8. The van der Waals surface area contributed by atoms with E-state index in [9.17, 15) is 24.6 Å². The predicted octanol–water partition coefficient (Wildman–Crippen LogP) is 2.77. The van der Waals surface area contributed by atoms with Gasteiger partial charge >= 0.3 is 5.97 Å². The molecule has 33 heavy (non-hydrogen) atoms. The fourth-order valence-corrected chi connectivity index (χ4v) is 8.71. The molecule has 7 nitrogen and oxygen atoms in total. The molecule has 0 aliphatic carbocycles. The molecule has 1 aromatic rings. The van der Waals surface area contributed by atoms with Crippen LogP contribution >= 0.6 is 11.8 Å². The van der Waals surface area contributed by atoms with Crippen LogP contribution in [0.3, 0.4) is 0 Å². The summed E-state index contributed by atoms with van der Waals surface area (Å²) in [5, 5.41) is 19.5. The molecule has 1 spiro atoms. The van der Waals surface area contributed by atoms with Crippen LogP contribution in [0.25, 0.3) is 0 Å². The summed E-state index contributed by atoms with van der Waals surface area (Å²) in [5.74, 6) is -3.02. The third kappa shape index (κ3) is 3.41. The molecular formula is C25H32N2O5S. The maximum atomic E-state index is 14.3. The standard InChI is InChI=1S/C25H32N2O5S/c1-5-12-26(19-15(2)8-6-9-16(19)3)22(30)20-25-11-10-24(4,33-25)18(23(31)32)17(25)21(29)27(20)13-7-14-28/h5-6,8-9,17-18,20,28H,1,7,10-14H2,2-4H3,(H,31,32)/t17-,18+,20?,24-,25?/m0/s1. The Balaban J connectivity index is 1.84. The van der Waals surface area contributed by atoms with Crippen molar-refractivity contribution in [3.05, 3.63) is 42.0 Å². The van der Waals surface area contributed by atoms with E-state index >= 15 is 0 Å². The van der Waals surface area contributed by atoms with Crippen LogP contribution in [0, 0.1) is 25.7 Å². The number of rotatable bonds is 8. The molecule has 2 amide bonds. The molecule has 178 valence electrons. The lowest BCUT2D eigenvalue weighted by atomic mass is 9.66. The molecule has 2 bridgehead atoms. The second kappa shape index (κ2) is 8.47. The Morgan fingerprint density at radius 3 is 2.55 bits per heavy atom. The first-order chi connectivity index (χ1) is 15.6. The molecule has 3 aliphatic rings. The molecule has 5 atom stereocenters. The molecule has 0 radical (unpaired) electrons. The Kier molecular flexibility index (Phi) is 6.12. The Labute approximate surface area is 198 Å². The number of aliphatic carboxylic acids is 1. The number of aliphatic hydroxyl groups excluding tert-OH is 1. The van der Waals surface area contributed by atoms with Crippen LogP contribution in [-0.2, 0) is 14.4 Å². The van der Waals surface area contributed by atoms with Gasteiger partial charge in [-0.1, -0.05) is 24.3 Å². The summed E-state index contributed by atoms with van der Waals surface area (Å²) in [6.45, 7) is 10.1. The molecule has 0 aromatic heterocycles. The summed E-state index contributed by atoms with van der Waals surface area (Å²) >= 11 is 1.53.